The van der Waals surface area contributed by atoms with Gasteiger partial charge < -0.3 is 14.2 Å². The van der Waals surface area contributed by atoms with Crippen LogP contribution in [0.4, 0.5) is 0 Å². The van der Waals surface area contributed by atoms with Gasteiger partial charge in [-0.25, -0.2) is 0 Å². The van der Waals surface area contributed by atoms with E-state index >= 15 is 0 Å². The van der Waals surface area contributed by atoms with Crippen LogP contribution in [0.3, 0.4) is 0 Å². The molecule has 0 unspecified atom stereocenters. The van der Waals surface area contributed by atoms with Gasteiger partial charge in [0.2, 0.25) is 0 Å². The molecule has 5 heteroatoms. The first-order valence-electron chi connectivity index (χ1n) is 7.35. The van der Waals surface area contributed by atoms with Crippen LogP contribution in [0.2, 0.25) is 0 Å². The molecule has 4 nitrogen and oxygen atoms in total. The first kappa shape index (κ1) is 17.3. The van der Waals surface area contributed by atoms with Crippen molar-refractivity contribution in [2.75, 3.05) is 20.3 Å². The molecule has 2 aromatic rings. The van der Waals surface area contributed by atoms with E-state index in [9.17, 15) is 4.79 Å². The number of aryl methyl sites for hydroxylation is 1. The van der Waals surface area contributed by atoms with Gasteiger partial charge in [0.05, 0.1) is 12.7 Å². The highest BCUT2D eigenvalue weighted by Crippen LogP contribution is 2.33. The van der Waals surface area contributed by atoms with Crippen LogP contribution in [0.1, 0.15) is 22.8 Å². The molecule has 0 aliphatic heterocycles. The Balaban J connectivity index is 1.94. The lowest BCUT2D eigenvalue weighted by molar-refractivity contribution is 0.111. The average molecular weight is 379 g/mol. The van der Waals surface area contributed by atoms with E-state index in [1.54, 1.807) is 12.1 Å². The molecule has 0 bridgehead atoms. The minimum Gasteiger partial charge on any atom is -0.493 e. The summed E-state index contributed by atoms with van der Waals surface area (Å²) < 4.78 is 17.3. The number of aldehydes is 1. The number of benzene rings is 2. The summed E-state index contributed by atoms with van der Waals surface area (Å²) in [6.07, 6.45) is 1.74. The van der Waals surface area contributed by atoms with Gasteiger partial charge in [-0.2, -0.15) is 0 Å². The normalized spacial score (nSPS) is 10.2. The summed E-state index contributed by atoms with van der Waals surface area (Å²) in [6.45, 7) is 2.80. The minimum absolute atomic E-state index is 0.314. The lowest BCUT2D eigenvalue weighted by Gasteiger charge is -2.14. The van der Waals surface area contributed by atoms with E-state index in [2.05, 4.69) is 22.9 Å². The van der Waals surface area contributed by atoms with Gasteiger partial charge in [0.25, 0.3) is 0 Å². The topological polar surface area (TPSA) is 44.8 Å². The van der Waals surface area contributed by atoms with Crippen molar-refractivity contribution < 1.29 is 19.0 Å². The maximum Gasteiger partial charge on any atom is 0.171 e. The molecule has 0 N–H and O–H groups in total. The Morgan fingerprint density at radius 1 is 1.09 bits per heavy atom. The van der Waals surface area contributed by atoms with Crippen molar-refractivity contribution in [3.05, 3.63) is 52.0 Å². The Hall–Kier alpha value is -2.01. The van der Waals surface area contributed by atoms with E-state index < -0.39 is 0 Å². The second-order valence-electron chi connectivity index (χ2n) is 4.84. The molecule has 0 atom stereocenters. The fraction of sp³-hybridized carbons (Fsp3) is 0.278. The van der Waals surface area contributed by atoms with Gasteiger partial charge in [0.1, 0.15) is 19.0 Å². The summed E-state index contributed by atoms with van der Waals surface area (Å²) in [5.41, 5.74) is 1.70. The highest BCUT2D eigenvalue weighted by atomic mass is 79.9. The number of hydrogen-bond acceptors (Lipinski definition) is 4. The first-order chi connectivity index (χ1) is 11.2. The molecule has 0 aliphatic carbocycles. The predicted octanol–water partition coefficient (Wildman–Crippen LogP) is 4.29. The van der Waals surface area contributed by atoms with E-state index in [-0.39, 0.29) is 0 Å². The molecule has 0 saturated heterocycles. The second-order valence-corrected chi connectivity index (χ2v) is 5.75. The molecule has 0 heterocycles. The Kier molecular flexibility index (Phi) is 6.47. The number of rotatable bonds is 8. The van der Waals surface area contributed by atoms with E-state index in [1.165, 1.54) is 12.7 Å². The molecule has 2 rings (SSSR count). The van der Waals surface area contributed by atoms with Crippen molar-refractivity contribution in [2.24, 2.45) is 0 Å². The van der Waals surface area contributed by atoms with Crippen LogP contribution in [0.15, 0.2) is 40.9 Å². The largest absolute Gasteiger partial charge is 0.493 e. The summed E-state index contributed by atoms with van der Waals surface area (Å²) in [5, 5.41) is 0. The van der Waals surface area contributed by atoms with E-state index in [4.69, 9.17) is 14.2 Å². The zero-order valence-corrected chi connectivity index (χ0v) is 14.8. The van der Waals surface area contributed by atoms with Gasteiger partial charge in [-0.15, -0.1) is 0 Å². The van der Waals surface area contributed by atoms with Crippen molar-refractivity contribution in [3.63, 3.8) is 0 Å². The Morgan fingerprint density at radius 3 is 2.39 bits per heavy atom. The van der Waals surface area contributed by atoms with Gasteiger partial charge in [0.15, 0.2) is 17.8 Å². The standard InChI is InChI=1S/C18H19BrO4/c1-3-13-4-6-16(7-5-13)22-8-9-23-18-14(12-20)10-15(19)11-17(18)21-2/h4-7,10-12H,3,8-9H2,1-2H3. The van der Waals surface area contributed by atoms with Crippen LogP contribution in [0.5, 0.6) is 17.2 Å². The Bertz CT molecular complexity index is 653. The first-order valence-corrected chi connectivity index (χ1v) is 8.14. The third-order valence-corrected chi connectivity index (χ3v) is 3.78. The SMILES string of the molecule is CCc1ccc(OCCOc2c(C=O)cc(Br)cc2OC)cc1. The molecule has 23 heavy (non-hydrogen) atoms. The highest BCUT2D eigenvalue weighted by Gasteiger charge is 2.12. The number of hydrogen-bond donors (Lipinski definition) is 0. The van der Waals surface area contributed by atoms with E-state index in [0.717, 1.165) is 22.9 Å². The van der Waals surface area contributed by atoms with Gasteiger partial charge in [-0.1, -0.05) is 35.0 Å². The van der Waals surface area contributed by atoms with Crippen LogP contribution in [-0.4, -0.2) is 26.6 Å². The lowest BCUT2D eigenvalue weighted by Crippen LogP contribution is -2.10. The zero-order valence-electron chi connectivity index (χ0n) is 13.2. The zero-order chi connectivity index (χ0) is 16.7. The van der Waals surface area contributed by atoms with Crippen molar-refractivity contribution in [1.82, 2.24) is 0 Å². The molecule has 0 amide bonds. The van der Waals surface area contributed by atoms with E-state index in [1.807, 2.05) is 24.3 Å². The monoisotopic (exact) mass is 378 g/mol. The van der Waals surface area contributed by atoms with Crippen LogP contribution < -0.4 is 14.2 Å². The summed E-state index contributed by atoms with van der Waals surface area (Å²) in [7, 11) is 1.54. The fourth-order valence-electron chi connectivity index (χ4n) is 2.11. The molecule has 0 fully saturated rings. The average Bonchev–Trinajstić information content (AvgIpc) is 2.59. The van der Waals surface area contributed by atoms with Crippen molar-refractivity contribution in [2.45, 2.75) is 13.3 Å². The molecular weight excluding hydrogens is 360 g/mol. The summed E-state index contributed by atoms with van der Waals surface area (Å²) in [6, 6.07) is 11.4. The predicted molar refractivity (Wildman–Crippen MR) is 92.9 cm³/mol. The quantitative estimate of drug-likeness (QED) is 0.507. The van der Waals surface area contributed by atoms with E-state index in [0.29, 0.717) is 30.3 Å². The lowest BCUT2D eigenvalue weighted by atomic mass is 10.2. The summed E-state index contributed by atoms with van der Waals surface area (Å²) in [4.78, 5) is 11.2. The third kappa shape index (κ3) is 4.73. The van der Waals surface area contributed by atoms with Gasteiger partial charge >= 0.3 is 0 Å². The molecular formula is C18H19BrO4. The molecule has 0 aliphatic rings. The van der Waals surface area contributed by atoms with Gasteiger partial charge in [0, 0.05) is 4.47 Å². The smallest absolute Gasteiger partial charge is 0.171 e. The Morgan fingerprint density at radius 2 is 1.78 bits per heavy atom. The number of methoxy groups -OCH3 is 1. The van der Waals surface area contributed by atoms with Crippen LogP contribution in [0.25, 0.3) is 0 Å². The number of carbonyl (C=O) groups excluding carboxylic acids is 1. The molecule has 0 aromatic heterocycles. The van der Waals surface area contributed by atoms with Crippen LogP contribution in [-0.2, 0) is 6.42 Å². The molecule has 122 valence electrons. The Labute approximate surface area is 144 Å². The molecule has 0 saturated carbocycles. The fourth-order valence-corrected chi connectivity index (χ4v) is 2.56. The van der Waals surface area contributed by atoms with Crippen molar-refractivity contribution in [3.8, 4) is 17.2 Å². The van der Waals surface area contributed by atoms with Crippen molar-refractivity contribution >= 4 is 22.2 Å². The number of halogens is 1. The second kappa shape index (κ2) is 8.58. The maximum atomic E-state index is 11.2. The highest BCUT2D eigenvalue weighted by molar-refractivity contribution is 9.10. The third-order valence-electron chi connectivity index (χ3n) is 3.33. The molecule has 2 aromatic carbocycles. The molecule has 0 spiro atoms. The summed E-state index contributed by atoms with van der Waals surface area (Å²) in [5.74, 6) is 1.73. The number of carbonyl (C=O) groups is 1. The van der Waals surface area contributed by atoms with Crippen molar-refractivity contribution in [1.29, 1.82) is 0 Å². The maximum absolute atomic E-state index is 11.2. The van der Waals surface area contributed by atoms with Gasteiger partial charge in [-0.3, -0.25) is 4.79 Å². The van der Waals surface area contributed by atoms with Crippen LogP contribution in [0, 0.1) is 0 Å². The minimum atomic E-state index is 0.314. The van der Waals surface area contributed by atoms with Gasteiger partial charge in [-0.05, 0) is 36.2 Å². The summed E-state index contributed by atoms with van der Waals surface area (Å²) >= 11 is 3.33. The van der Waals surface area contributed by atoms with Crippen LogP contribution >= 0.6 is 15.9 Å². The molecule has 0 radical (unpaired) electrons. The number of ether oxygens (including phenoxy) is 3.